The molecule has 1 aliphatic heterocycles. The van der Waals surface area contributed by atoms with Gasteiger partial charge in [-0.05, 0) is 23.8 Å². The predicted octanol–water partition coefficient (Wildman–Crippen LogP) is 3.53. The van der Waals surface area contributed by atoms with Gasteiger partial charge in [0.2, 0.25) is 5.91 Å². The van der Waals surface area contributed by atoms with Gasteiger partial charge < -0.3 is 5.32 Å². The first-order valence-electron chi connectivity index (χ1n) is 7.29. The number of carbonyl (C=O) groups excluding carboxylic acids is 2. The Hall–Kier alpha value is -2.44. The quantitative estimate of drug-likeness (QED) is 0.674. The van der Waals surface area contributed by atoms with Crippen molar-refractivity contribution < 1.29 is 9.59 Å². The third-order valence-corrected chi connectivity index (χ3v) is 4.71. The van der Waals surface area contributed by atoms with E-state index in [9.17, 15) is 9.59 Å². The number of amides is 2. The smallest absolute Gasteiger partial charge is 0.266 e. The summed E-state index contributed by atoms with van der Waals surface area (Å²) in [6, 6.07) is 18.6. The molecule has 1 saturated heterocycles. The van der Waals surface area contributed by atoms with Gasteiger partial charge in [0, 0.05) is 5.69 Å². The van der Waals surface area contributed by atoms with Gasteiger partial charge in [0.05, 0.1) is 4.91 Å². The fourth-order valence-electron chi connectivity index (χ4n) is 2.20. The lowest BCUT2D eigenvalue weighted by Gasteiger charge is -2.14. The molecular formula is C18H14N2O2S2. The van der Waals surface area contributed by atoms with Gasteiger partial charge in [-0.1, -0.05) is 72.5 Å². The summed E-state index contributed by atoms with van der Waals surface area (Å²) in [4.78, 5) is 26.5. The second-order valence-corrected chi connectivity index (χ2v) is 6.77. The molecule has 0 bridgehead atoms. The van der Waals surface area contributed by atoms with Crippen molar-refractivity contribution in [2.45, 2.75) is 0 Å². The van der Waals surface area contributed by atoms with Gasteiger partial charge in [-0.3, -0.25) is 14.5 Å². The Labute approximate surface area is 149 Å². The van der Waals surface area contributed by atoms with Gasteiger partial charge >= 0.3 is 0 Å². The third-order valence-electron chi connectivity index (χ3n) is 3.33. The molecular weight excluding hydrogens is 340 g/mol. The zero-order valence-corrected chi connectivity index (χ0v) is 14.3. The molecule has 0 atom stereocenters. The Morgan fingerprint density at radius 1 is 1.08 bits per heavy atom. The lowest BCUT2D eigenvalue weighted by atomic mass is 10.2. The molecule has 0 aromatic heterocycles. The van der Waals surface area contributed by atoms with Crippen molar-refractivity contribution in [3.05, 3.63) is 71.1 Å². The van der Waals surface area contributed by atoms with E-state index in [1.54, 1.807) is 18.2 Å². The maximum atomic E-state index is 12.5. The van der Waals surface area contributed by atoms with E-state index in [2.05, 4.69) is 5.32 Å². The molecule has 3 rings (SSSR count). The van der Waals surface area contributed by atoms with Crippen molar-refractivity contribution in [3.63, 3.8) is 0 Å². The van der Waals surface area contributed by atoms with Crippen molar-refractivity contribution >= 4 is 51.9 Å². The molecule has 1 aliphatic rings. The lowest BCUT2D eigenvalue weighted by Crippen LogP contribution is -2.36. The van der Waals surface area contributed by atoms with Crippen LogP contribution in [0.15, 0.2) is 65.6 Å². The summed E-state index contributed by atoms with van der Waals surface area (Å²) in [6.07, 6.45) is 1.79. The van der Waals surface area contributed by atoms with Gasteiger partial charge in [0.15, 0.2) is 0 Å². The maximum absolute atomic E-state index is 12.5. The van der Waals surface area contributed by atoms with Gasteiger partial charge in [-0.15, -0.1) is 0 Å². The average molecular weight is 354 g/mol. The van der Waals surface area contributed by atoms with Crippen molar-refractivity contribution in [2.75, 3.05) is 11.9 Å². The monoisotopic (exact) mass is 354 g/mol. The van der Waals surface area contributed by atoms with Crippen molar-refractivity contribution in [1.29, 1.82) is 0 Å². The highest BCUT2D eigenvalue weighted by Gasteiger charge is 2.33. The minimum atomic E-state index is -0.279. The molecule has 0 spiro atoms. The number of nitrogens with zero attached hydrogens (tertiary/aromatic N) is 1. The van der Waals surface area contributed by atoms with Crippen LogP contribution >= 0.6 is 24.0 Å². The second kappa shape index (κ2) is 7.42. The molecule has 1 fully saturated rings. The van der Waals surface area contributed by atoms with E-state index in [0.29, 0.717) is 14.9 Å². The Bertz CT molecular complexity index is 804. The second-order valence-electron chi connectivity index (χ2n) is 5.09. The molecule has 4 nitrogen and oxygen atoms in total. The van der Waals surface area contributed by atoms with Gasteiger partial charge in [0.25, 0.3) is 5.91 Å². The molecule has 120 valence electrons. The highest BCUT2D eigenvalue weighted by molar-refractivity contribution is 8.26. The van der Waals surface area contributed by atoms with Crippen molar-refractivity contribution in [3.8, 4) is 0 Å². The Kier molecular flexibility index (Phi) is 5.08. The molecule has 0 aliphatic carbocycles. The van der Waals surface area contributed by atoms with Crippen LogP contribution in [0.3, 0.4) is 0 Å². The number of thioether (sulfide) groups is 1. The molecule has 0 unspecified atom stereocenters. The number of anilines is 1. The van der Waals surface area contributed by atoms with E-state index >= 15 is 0 Å². The van der Waals surface area contributed by atoms with Crippen LogP contribution in [0.1, 0.15) is 5.56 Å². The summed E-state index contributed by atoms with van der Waals surface area (Å²) < 4.78 is 0.394. The van der Waals surface area contributed by atoms with Crippen LogP contribution in [-0.2, 0) is 9.59 Å². The van der Waals surface area contributed by atoms with Crippen molar-refractivity contribution in [1.82, 2.24) is 4.90 Å². The van der Waals surface area contributed by atoms with Crippen LogP contribution in [0.2, 0.25) is 0 Å². The summed E-state index contributed by atoms with van der Waals surface area (Å²) in [5.74, 6) is -0.518. The fraction of sp³-hybridized carbons (Fsp3) is 0.0556. The average Bonchev–Trinajstić information content (AvgIpc) is 2.84. The lowest BCUT2D eigenvalue weighted by molar-refractivity contribution is -0.126. The van der Waals surface area contributed by atoms with Crippen LogP contribution < -0.4 is 5.32 Å². The van der Waals surface area contributed by atoms with E-state index in [0.717, 1.165) is 5.56 Å². The number of nitrogens with one attached hydrogen (secondary N) is 1. The van der Waals surface area contributed by atoms with E-state index < -0.39 is 0 Å². The Balaban J connectivity index is 1.68. The minimum absolute atomic E-state index is 0.0916. The molecule has 2 amide bonds. The van der Waals surface area contributed by atoms with Crippen LogP contribution in [-0.4, -0.2) is 27.6 Å². The molecule has 6 heteroatoms. The normalized spacial score (nSPS) is 15.8. The summed E-state index contributed by atoms with van der Waals surface area (Å²) in [5.41, 5.74) is 1.61. The number of carbonyl (C=O) groups is 2. The molecule has 0 saturated carbocycles. The number of benzene rings is 2. The van der Waals surface area contributed by atoms with Crippen LogP contribution in [0.4, 0.5) is 5.69 Å². The van der Waals surface area contributed by atoms with Crippen LogP contribution in [0.5, 0.6) is 0 Å². The topological polar surface area (TPSA) is 49.4 Å². The molecule has 2 aromatic rings. The van der Waals surface area contributed by atoms with E-state index in [1.807, 2.05) is 48.5 Å². The number of hydrogen-bond acceptors (Lipinski definition) is 4. The summed E-state index contributed by atoms with van der Waals surface area (Å²) >= 11 is 6.45. The largest absolute Gasteiger partial charge is 0.325 e. The molecule has 1 heterocycles. The predicted molar refractivity (Wildman–Crippen MR) is 101 cm³/mol. The summed E-state index contributed by atoms with van der Waals surface area (Å²) in [5, 5.41) is 2.75. The van der Waals surface area contributed by atoms with Crippen LogP contribution in [0, 0.1) is 0 Å². The first kappa shape index (κ1) is 16.4. The molecule has 0 radical (unpaired) electrons. The first-order valence-corrected chi connectivity index (χ1v) is 8.51. The number of hydrogen-bond donors (Lipinski definition) is 1. The standard InChI is InChI=1S/C18H14N2O2S2/c21-16(19-14-9-5-2-6-10-14)12-20-17(22)15(24-18(20)23)11-13-7-3-1-4-8-13/h1-11H,12H2,(H,19,21)/b15-11-. The fourth-order valence-corrected chi connectivity index (χ4v) is 3.46. The number of para-hydroxylation sites is 1. The van der Waals surface area contributed by atoms with Gasteiger partial charge in [-0.25, -0.2) is 0 Å². The molecule has 24 heavy (non-hydrogen) atoms. The summed E-state index contributed by atoms with van der Waals surface area (Å²) in [6.45, 7) is -0.0916. The van der Waals surface area contributed by atoms with E-state index in [4.69, 9.17) is 12.2 Å². The number of thiocarbonyl (C=S) groups is 1. The SMILES string of the molecule is O=C(CN1C(=O)/C(=C/c2ccccc2)SC1=S)Nc1ccccc1. The van der Waals surface area contributed by atoms with Crippen LogP contribution in [0.25, 0.3) is 6.08 Å². The zero-order chi connectivity index (χ0) is 16.9. The maximum Gasteiger partial charge on any atom is 0.266 e. The number of rotatable bonds is 4. The Morgan fingerprint density at radius 2 is 1.71 bits per heavy atom. The first-order chi connectivity index (χ1) is 11.6. The summed E-state index contributed by atoms with van der Waals surface area (Å²) in [7, 11) is 0. The van der Waals surface area contributed by atoms with Crippen molar-refractivity contribution in [2.24, 2.45) is 0 Å². The van der Waals surface area contributed by atoms with Gasteiger partial charge in [0.1, 0.15) is 10.9 Å². The Morgan fingerprint density at radius 3 is 2.38 bits per heavy atom. The highest BCUT2D eigenvalue weighted by Crippen LogP contribution is 2.32. The third kappa shape index (κ3) is 3.90. The van der Waals surface area contributed by atoms with E-state index in [-0.39, 0.29) is 18.4 Å². The van der Waals surface area contributed by atoms with Gasteiger partial charge in [-0.2, -0.15) is 0 Å². The van der Waals surface area contributed by atoms with E-state index in [1.165, 1.54) is 16.7 Å². The minimum Gasteiger partial charge on any atom is -0.325 e. The highest BCUT2D eigenvalue weighted by atomic mass is 32.2. The molecule has 2 aromatic carbocycles. The molecule has 1 N–H and O–H groups in total. The zero-order valence-electron chi connectivity index (χ0n) is 12.6.